The average Bonchev–Trinajstić information content (AvgIpc) is 3.20. The normalized spacial score (nSPS) is 20.3. The Labute approximate surface area is 244 Å². The number of rotatable bonds is 5. The number of carbonyl (C=O) groups is 1. The third kappa shape index (κ3) is 5.29. The molecule has 2 aromatic carbocycles. The zero-order valence-corrected chi connectivity index (χ0v) is 24.6. The molecule has 10 heteroatoms. The molecule has 4 heterocycles. The van der Waals surface area contributed by atoms with Gasteiger partial charge in [-0.2, -0.15) is 4.98 Å². The second-order valence-electron chi connectivity index (χ2n) is 11.1. The number of aromatic nitrogens is 2. The zero-order valence-electron chi connectivity index (χ0n) is 23.8. The van der Waals surface area contributed by atoms with Gasteiger partial charge in [-0.15, -0.1) is 11.8 Å². The van der Waals surface area contributed by atoms with Gasteiger partial charge in [0.25, 0.3) is 0 Å². The van der Waals surface area contributed by atoms with Crippen molar-refractivity contribution in [2.24, 2.45) is 0 Å². The predicted molar refractivity (Wildman–Crippen MR) is 163 cm³/mol. The lowest BCUT2D eigenvalue weighted by Gasteiger charge is -2.38. The Bertz CT molecular complexity index is 1520. The monoisotopic (exact) mass is 576 g/mol. The van der Waals surface area contributed by atoms with Crippen LogP contribution >= 0.6 is 11.8 Å². The van der Waals surface area contributed by atoms with E-state index in [0.29, 0.717) is 38.5 Å². The summed E-state index contributed by atoms with van der Waals surface area (Å²) in [4.78, 5) is 40.7. The van der Waals surface area contributed by atoms with Crippen LogP contribution in [0, 0.1) is 12.7 Å². The Morgan fingerprint density at radius 1 is 1.10 bits per heavy atom. The molecule has 1 atom stereocenters. The quantitative estimate of drug-likeness (QED) is 0.431. The van der Waals surface area contributed by atoms with Crippen LogP contribution in [-0.2, 0) is 11.3 Å². The Balaban J connectivity index is 1.46. The van der Waals surface area contributed by atoms with Gasteiger partial charge in [0.1, 0.15) is 11.6 Å². The van der Waals surface area contributed by atoms with Crippen molar-refractivity contribution in [2.75, 3.05) is 69.6 Å². The van der Waals surface area contributed by atoms with Gasteiger partial charge in [0, 0.05) is 86.5 Å². The maximum Gasteiger partial charge on any atom is 0.350 e. The fourth-order valence-electron chi connectivity index (χ4n) is 6.42. The van der Waals surface area contributed by atoms with E-state index in [1.807, 2.05) is 16.7 Å². The number of amides is 1. The summed E-state index contributed by atoms with van der Waals surface area (Å²) in [7, 11) is 0. The number of carbonyl (C=O) groups excluding carboxylic acids is 1. The van der Waals surface area contributed by atoms with Crippen molar-refractivity contribution >= 4 is 34.4 Å². The van der Waals surface area contributed by atoms with Gasteiger partial charge in [-0.3, -0.25) is 14.3 Å². The van der Waals surface area contributed by atoms with Gasteiger partial charge in [-0.1, -0.05) is 25.6 Å². The summed E-state index contributed by atoms with van der Waals surface area (Å²) in [6.45, 7) is 15.9. The first-order valence-corrected chi connectivity index (χ1v) is 15.5. The third-order valence-corrected chi connectivity index (χ3v) is 10.0. The minimum Gasteiger partial charge on any atom is -0.352 e. The lowest BCUT2D eigenvalue weighted by atomic mass is 9.97. The van der Waals surface area contributed by atoms with Gasteiger partial charge in [0.2, 0.25) is 5.91 Å². The molecule has 3 aliphatic heterocycles. The van der Waals surface area contributed by atoms with Crippen LogP contribution < -0.4 is 10.6 Å². The van der Waals surface area contributed by atoms with E-state index in [2.05, 4.69) is 46.2 Å². The predicted octanol–water partition coefficient (Wildman–Crippen LogP) is 3.46. The Morgan fingerprint density at radius 2 is 1.80 bits per heavy atom. The van der Waals surface area contributed by atoms with E-state index >= 15 is 0 Å². The third-order valence-electron chi connectivity index (χ3n) is 8.78. The first-order valence-electron chi connectivity index (χ1n) is 14.5. The summed E-state index contributed by atoms with van der Waals surface area (Å²) in [5.74, 6) is 1.19. The first kappa shape index (κ1) is 27.9. The number of anilines is 1. The molecule has 0 spiro atoms. The van der Waals surface area contributed by atoms with Crippen LogP contribution in [0.25, 0.3) is 22.0 Å². The summed E-state index contributed by atoms with van der Waals surface area (Å²) >= 11 is 1.80. The van der Waals surface area contributed by atoms with Crippen LogP contribution in [0.1, 0.15) is 12.5 Å². The highest BCUT2D eigenvalue weighted by molar-refractivity contribution is 7.99. The molecule has 2 saturated heterocycles. The molecule has 1 amide bonds. The van der Waals surface area contributed by atoms with E-state index in [1.54, 1.807) is 16.7 Å². The fraction of sp³-hybridized carbons (Fsp3) is 0.452. The van der Waals surface area contributed by atoms with Crippen molar-refractivity contribution in [3.05, 3.63) is 64.9 Å². The highest BCUT2D eigenvalue weighted by Gasteiger charge is 2.31. The lowest BCUT2D eigenvalue weighted by molar-refractivity contribution is -0.126. The van der Waals surface area contributed by atoms with Crippen LogP contribution in [0.3, 0.4) is 0 Å². The minimum atomic E-state index is -0.269. The number of hydrogen-bond acceptors (Lipinski definition) is 7. The molecule has 41 heavy (non-hydrogen) atoms. The number of hydrogen-bond donors (Lipinski definition) is 0. The SMILES string of the molecule is C=CC(=O)N1CCN(c2nc(=O)n3c4c(c(-c5ccc(F)cc5)c(C)cc24)SCC(N2CCN(CC)CC2)C3)CC1. The van der Waals surface area contributed by atoms with Crippen LogP contribution in [-0.4, -0.2) is 101 Å². The van der Waals surface area contributed by atoms with Crippen LogP contribution in [0.15, 0.2) is 52.7 Å². The van der Waals surface area contributed by atoms with Crippen molar-refractivity contribution < 1.29 is 9.18 Å². The second-order valence-corrected chi connectivity index (χ2v) is 12.1. The number of halogens is 1. The number of benzene rings is 2. The fourth-order valence-corrected chi connectivity index (χ4v) is 7.88. The number of aryl methyl sites for hydroxylation is 1. The number of thioether (sulfide) groups is 1. The number of likely N-dealkylation sites (N-methyl/N-ethyl adjacent to an activating group) is 1. The van der Waals surface area contributed by atoms with Crippen LogP contribution in [0.4, 0.5) is 10.2 Å². The Hall–Kier alpha value is -3.21. The molecule has 1 aromatic heterocycles. The van der Waals surface area contributed by atoms with E-state index in [0.717, 1.165) is 71.0 Å². The second kappa shape index (κ2) is 11.6. The van der Waals surface area contributed by atoms with Gasteiger partial charge < -0.3 is 14.7 Å². The number of nitrogens with zero attached hydrogens (tertiary/aromatic N) is 6. The molecular weight excluding hydrogens is 539 g/mol. The van der Waals surface area contributed by atoms with E-state index in [1.165, 1.54) is 18.2 Å². The highest BCUT2D eigenvalue weighted by atomic mass is 32.2. The van der Waals surface area contributed by atoms with E-state index < -0.39 is 0 Å². The zero-order chi connectivity index (χ0) is 28.7. The molecule has 0 radical (unpaired) electrons. The minimum absolute atomic E-state index is 0.0759. The van der Waals surface area contributed by atoms with Crippen molar-refractivity contribution in [1.82, 2.24) is 24.3 Å². The summed E-state index contributed by atoms with van der Waals surface area (Å²) in [6, 6.07) is 8.99. The van der Waals surface area contributed by atoms with E-state index in [-0.39, 0.29) is 23.5 Å². The lowest BCUT2D eigenvalue weighted by Crippen LogP contribution is -2.52. The summed E-state index contributed by atoms with van der Waals surface area (Å²) in [6.07, 6.45) is 1.35. The van der Waals surface area contributed by atoms with Gasteiger partial charge in [0.15, 0.2) is 0 Å². The van der Waals surface area contributed by atoms with Gasteiger partial charge in [-0.05, 0) is 48.9 Å². The first-order chi connectivity index (χ1) is 19.9. The molecule has 3 aliphatic rings. The van der Waals surface area contributed by atoms with E-state index in [4.69, 9.17) is 0 Å². The molecule has 8 nitrogen and oxygen atoms in total. The van der Waals surface area contributed by atoms with Crippen molar-refractivity contribution in [3.8, 4) is 11.1 Å². The van der Waals surface area contributed by atoms with Gasteiger partial charge in [0.05, 0.1) is 5.52 Å². The molecule has 0 aliphatic carbocycles. The van der Waals surface area contributed by atoms with E-state index in [9.17, 15) is 14.0 Å². The van der Waals surface area contributed by atoms with Gasteiger partial charge >= 0.3 is 5.69 Å². The standard InChI is InChI=1S/C31H37FN6O2S/c1-4-26(39)36-14-16-37(17-15-36)30-25-18-21(3)27(22-6-8-23(32)9-7-22)29-28(25)38(31(40)33-30)19-24(20-41-29)35-12-10-34(5-2)11-13-35/h4,6-9,18,24H,1,5,10-17,19-20H2,2-3H3. The van der Waals surface area contributed by atoms with Crippen LogP contribution in [0.2, 0.25) is 0 Å². The van der Waals surface area contributed by atoms with Crippen molar-refractivity contribution in [2.45, 2.75) is 31.3 Å². The van der Waals surface area contributed by atoms with Crippen molar-refractivity contribution in [1.29, 1.82) is 0 Å². The molecule has 2 fully saturated rings. The summed E-state index contributed by atoms with van der Waals surface area (Å²) < 4.78 is 15.8. The molecule has 216 valence electrons. The Morgan fingerprint density at radius 3 is 2.46 bits per heavy atom. The summed E-state index contributed by atoms with van der Waals surface area (Å²) in [5, 5.41) is 0.954. The molecule has 1 unspecified atom stereocenters. The smallest absolute Gasteiger partial charge is 0.350 e. The van der Waals surface area contributed by atoms with Crippen LogP contribution in [0.5, 0.6) is 0 Å². The number of piperazine rings is 2. The average molecular weight is 577 g/mol. The Kier molecular flexibility index (Phi) is 7.89. The summed E-state index contributed by atoms with van der Waals surface area (Å²) in [5.41, 5.74) is 3.72. The largest absolute Gasteiger partial charge is 0.352 e. The topological polar surface area (TPSA) is 64.9 Å². The molecule has 3 aromatic rings. The molecule has 0 N–H and O–H groups in total. The highest BCUT2D eigenvalue weighted by Crippen LogP contribution is 2.43. The maximum absolute atomic E-state index is 13.9. The molecule has 0 saturated carbocycles. The molecule has 0 bridgehead atoms. The van der Waals surface area contributed by atoms with Crippen molar-refractivity contribution in [3.63, 3.8) is 0 Å². The molecule has 6 rings (SSSR count). The maximum atomic E-state index is 13.9. The van der Waals surface area contributed by atoms with Gasteiger partial charge in [-0.25, -0.2) is 9.18 Å². The molecular formula is C31H37FN6O2S.